The van der Waals surface area contributed by atoms with Gasteiger partial charge in [-0.05, 0) is 0 Å². The number of rotatable bonds is 4. The maximum absolute atomic E-state index is 11.2. The molecule has 0 spiro atoms. The van der Waals surface area contributed by atoms with Gasteiger partial charge in [0, 0.05) is 13.3 Å². The summed E-state index contributed by atoms with van der Waals surface area (Å²) in [5.74, 6) is -2.37. The van der Waals surface area contributed by atoms with Crippen molar-refractivity contribution in [1.29, 1.82) is 0 Å². The van der Waals surface area contributed by atoms with Crippen LogP contribution in [0.15, 0.2) is 4.99 Å². The van der Waals surface area contributed by atoms with Gasteiger partial charge >= 0.3 is 6.03 Å². The molecule has 2 N–H and O–H groups in total. The summed E-state index contributed by atoms with van der Waals surface area (Å²) in [6, 6.07) is -0.799. The summed E-state index contributed by atoms with van der Waals surface area (Å²) in [6.45, 7) is 0.771. The molecule has 0 aromatic rings. The van der Waals surface area contributed by atoms with Gasteiger partial charge in [-0.2, -0.15) is 0 Å². The molecule has 1 aliphatic heterocycles. The van der Waals surface area contributed by atoms with E-state index in [9.17, 15) is 14.4 Å². The maximum Gasteiger partial charge on any atom is 0.328 e. The number of imide groups is 2. The number of amides is 4. The quantitative estimate of drug-likeness (QED) is 0.344. The lowest BCUT2D eigenvalue weighted by atomic mass is 10.1. The summed E-state index contributed by atoms with van der Waals surface area (Å²) < 4.78 is 4.73. The molecule has 0 saturated carbocycles. The second-order valence-corrected chi connectivity index (χ2v) is 2.83. The molecule has 4 amide bonds. The predicted octanol–water partition coefficient (Wildman–Crippen LogP) is -1.31. The molecule has 0 unspecified atom stereocenters. The molecule has 0 aromatic heterocycles. The summed E-state index contributed by atoms with van der Waals surface area (Å²) in [4.78, 5) is 36.8. The van der Waals surface area contributed by atoms with Crippen LogP contribution < -0.4 is 10.6 Å². The molecule has 7 heteroatoms. The number of carbonyl (C=O) groups excluding carboxylic acids is 3. The van der Waals surface area contributed by atoms with Crippen molar-refractivity contribution < 1.29 is 19.1 Å². The van der Waals surface area contributed by atoms with Crippen LogP contribution in [0, 0.1) is 5.92 Å². The SMILES string of the molecule is COCCN=CC1C(=O)NC(=O)NC1=O. The number of aliphatic imine (C=N–C) groups is 1. The fourth-order valence-electron chi connectivity index (χ4n) is 0.989. The number of ether oxygens (including phenoxy) is 1. The molecule has 1 aliphatic rings. The van der Waals surface area contributed by atoms with Gasteiger partial charge in [0.2, 0.25) is 11.8 Å². The Morgan fingerprint density at radius 1 is 1.33 bits per heavy atom. The monoisotopic (exact) mass is 213 g/mol. The molecular formula is C8H11N3O4. The zero-order chi connectivity index (χ0) is 11.3. The van der Waals surface area contributed by atoms with Crippen molar-refractivity contribution in [3.8, 4) is 0 Å². The molecule has 82 valence electrons. The summed E-state index contributed by atoms with van der Waals surface area (Å²) in [6.07, 6.45) is 1.20. The second kappa shape index (κ2) is 5.20. The van der Waals surface area contributed by atoms with E-state index in [1.807, 2.05) is 10.6 Å². The molecule has 1 heterocycles. The van der Waals surface area contributed by atoms with E-state index >= 15 is 0 Å². The van der Waals surface area contributed by atoms with Crippen molar-refractivity contribution >= 4 is 24.1 Å². The first-order chi connectivity index (χ1) is 7.15. The van der Waals surface area contributed by atoms with Crippen LogP contribution in [0.4, 0.5) is 4.79 Å². The van der Waals surface area contributed by atoms with E-state index in [-0.39, 0.29) is 0 Å². The molecule has 0 radical (unpaired) electrons. The average molecular weight is 213 g/mol. The van der Waals surface area contributed by atoms with Crippen molar-refractivity contribution in [3.63, 3.8) is 0 Å². The normalized spacial score (nSPS) is 18.1. The predicted molar refractivity (Wildman–Crippen MR) is 50.4 cm³/mol. The van der Waals surface area contributed by atoms with Crippen LogP contribution in [0.3, 0.4) is 0 Å². The molecule has 1 fully saturated rings. The van der Waals surface area contributed by atoms with Gasteiger partial charge in [0.25, 0.3) is 0 Å². The van der Waals surface area contributed by atoms with E-state index in [0.717, 1.165) is 0 Å². The first-order valence-electron chi connectivity index (χ1n) is 4.29. The van der Waals surface area contributed by atoms with Crippen molar-refractivity contribution in [1.82, 2.24) is 10.6 Å². The minimum absolute atomic E-state index is 0.363. The van der Waals surface area contributed by atoms with Crippen LogP contribution >= 0.6 is 0 Å². The third kappa shape index (κ3) is 3.13. The third-order valence-electron chi connectivity index (χ3n) is 1.72. The molecule has 1 saturated heterocycles. The zero-order valence-electron chi connectivity index (χ0n) is 8.15. The lowest BCUT2D eigenvalue weighted by Gasteiger charge is -2.16. The number of nitrogens with one attached hydrogen (secondary N) is 2. The summed E-state index contributed by atoms with van der Waals surface area (Å²) in [7, 11) is 1.52. The van der Waals surface area contributed by atoms with Gasteiger partial charge < -0.3 is 4.74 Å². The molecular weight excluding hydrogens is 202 g/mol. The van der Waals surface area contributed by atoms with Gasteiger partial charge in [0.1, 0.15) is 0 Å². The van der Waals surface area contributed by atoms with Crippen molar-refractivity contribution in [2.45, 2.75) is 0 Å². The van der Waals surface area contributed by atoms with E-state index in [1.54, 1.807) is 0 Å². The molecule has 0 aromatic carbocycles. The molecule has 0 aliphatic carbocycles. The standard InChI is InChI=1S/C8H11N3O4/c1-15-3-2-9-4-5-6(12)10-8(14)11-7(5)13/h4-5H,2-3H2,1H3,(H2,10,11,12,13,14). The van der Waals surface area contributed by atoms with Gasteiger partial charge in [-0.25, -0.2) is 4.79 Å². The Kier molecular flexibility index (Phi) is 3.92. The Morgan fingerprint density at radius 2 is 1.93 bits per heavy atom. The van der Waals surface area contributed by atoms with Crippen LogP contribution in [0.1, 0.15) is 0 Å². The maximum atomic E-state index is 11.2. The fourth-order valence-corrected chi connectivity index (χ4v) is 0.989. The van der Waals surface area contributed by atoms with Crippen molar-refractivity contribution in [2.24, 2.45) is 10.9 Å². The minimum atomic E-state index is -1.04. The average Bonchev–Trinajstić information content (AvgIpc) is 2.15. The van der Waals surface area contributed by atoms with Crippen LogP contribution in [-0.2, 0) is 14.3 Å². The van der Waals surface area contributed by atoms with Gasteiger partial charge in [0.05, 0.1) is 13.2 Å². The van der Waals surface area contributed by atoms with E-state index < -0.39 is 23.8 Å². The topological polar surface area (TPSA) is 96.9 Å². The molecule has 0 bridgehead atoms. The van der Waals surface area contributed by atoms with Crippen LogP contribution in [0.2, 0.25) is 0 Å². The number of hydrogen-bond acceptors (Lipinski definition) is 5. The highest BCUT2D eigenvalue weighted by atomic mass is 16.5. The van der Waals surface area contributed by atoms with Crippen LogP contribution in [-0.4, -0.2) is 44.3 Å². The second-order valence-electron chi connectivity index (χ2n) is 2.83. The first kappa shape index (κ1) is 11.3. The highest BCUT2D eigenvalue weighted by Gasteiger charge is 2.32. The van der Waals surface area contributed by atoms with Crippen molar-refractivity contribution in [3.05, 3.63) is 0 Å². The largest absolute Gasteiger partial charge is 0.383 e. The number of nitrogens with zero attached hydrogens (tertiary/aromatic N) is 1. The smallest absolute Gasteiger partial charge is 0.328 e. The number of carbonyl (C=O) groups is 3. The Hall–Kier alpha value is -1.76. The molecule has 1 rings (SSSR count). The van der Waals surface area contributed by atoms with E-state index in [1.165, 1.54) is 13.3 Å². The number of hydrogen-bond donors (Lipinski definition) is 2. The van der Waals surface area contributed by atoms with Crippen molar-refractivity contribution in [2.75, 3.05) is 20.3 Å². The number of barbiturate groups is 1. The van der Waals surface area contributed by atoms with E-state index in [4.69, 9.17) is 4.74 Å². The third-order valence-corrected chi connectivity index (χ3v) is 1.72. The van der Waals surface area contributed by atoms with Crippen LogP contribution in [0.5, 0.6) is 0 Å². The van der Waals surface area contributed by atoms with Gasteiger partial charge in [-0.3, -0.25) is 25.2 Å². The minimum Gasteiger partial charge on any atom is -0.383 e. The number of methoxy groups -OCH3 is 1. The Labute approximate surface area is 85.9 Å². The van der Waals surface area contributed by atoms with E-state index in [2.05, 4.69) is 4.99 Å². The summed E-state index contributed by atoms with van der Waals surface area (Å²) in [5, 5.41) is 3.94. The molecule has 0 atom stereocenters. The number of urea groups is 1. The lowest BCUT2D eigenvalue weighted by Crippen LogP contribution is -2.56. The Bertz CT molecular complexity index is 293. The Balaban J connectivity index is 2.53. The van der Waals surface area contributed by atoms with Gasteiger partial charge in [-0.15, -0.1) is 0 Å². The lowest BCUT2D eigenvalue weighted by molar-refractivity contribution is -0.132. The van der Waals surface area contributed by atoms with Crippen LogP contribution in [0.25, 0.3) is 0 Å². The van der Waals surface area contributed by atoms with Gasteiger partial charge in [-0.1, -0.05) is 0 Å². The summed E-state index contributed by atoms with van der Waals surface area (Å²) >= 11 is 0. The highest BCUT2D eigenvalue weighted by Crippen LogP contribution is 1.98. The Morgan fingerprint density at radius 3 is 2.47 bits per heavy atom. The summed E-state index contributed by atoms with van der Waals surface area (Å²) in [5.41, 5.74) is 0. The molecule has 15 heavy (non-hydrogen) atoms. The fraction of sp³-hybridized carbons (Fsp3) is 0.500. The van der Waals surface area contributed by atoms with Gasteiger partial charge in [0.15, 0.2) is 5.92 Å². The van der Waals surface area contributed by atoms with E-state index in [0.29, 0.717) is 13.2 Å². The molecule has 7 nitrogen and oxygen atoms in total. The zero-order valence-corrected chi connectivity index (χ0v) is 8.15. The highest BCUT2D eigenvalue weighted by molar-refractivity contribution is 6.23. The first-order valence-corrected chi connectivity index (χ1v) is 4.29.